The number of nitrogens with zero attached hydrogens (tertiary/aromatic N) is 2. The average Bonchev–Trinajstić information content (AvgIpc) is 3.05. The van der Waals surface area contributed by atoms with E-state index in [0.29, 0.717) is 17.5 Å². The Morgan fingerprint density at radius 1 is 1.06 bits per heavy atom. The van der Waals surface area contributed by atoms with Gasteiger partial charge >= 0.3 is 5.97 Å². The van der Waals surface area contributed by atoms with Gasteiger partial charge in [0.1, 0.15) is 11.8 Å². The molecular formula is C27H34N2O6S. The van der Waals surface area contributed by atoms with Crippen LogP contribution in [-0.4, -0.2) is 42.1 Å². The number of rotatable bonds is 7. The lowest BCUT2D eigenvalue weighted by atomic mass is 10.00. The molecule has 3 rings (SSSR count). The number of benzene rings is 2. The van der Waals surface area contributed by atoms with Gasteiger partial charge in [0, 0.05) is 12.5 Å². The molecule has 1 heterocycles. The van der Waals surface area contributed by atoms with Crippen molar-refractivity contribution in [2.24, 2.45) is 0 Å². The summed E-state index contributed by atoms with van der Waals surface area (Å²) < 4.78 is 34.9. The van der Waals surface area contributed by atoms with Crippen molar-refractivity contribution in [2.45, 2.75) is 84.7 Å². The van der Waals surface area contributed by atoms with Crippen LogP contribution in [0.2, 0.25) is 0 Å². The summed E-state index contributed by atoms with van der Waals surface area (Å²) in [6, 6.07) is 6.72. The summed E-state index contributed by atoms with van der Waals surface area (Å²) in [6.45, 7) is 13.9. The van der Waals surface area contributed by atoms with Gasteiger partial charge in [0.05, 0.1) is 17.0 Å². The molecule has 2 amide bonds. The van der Waals surface area contributed by atoms with E-state index in [0.717, 1.165) is 16.0 Å². The zero-order valence-electron chi connectivity index (χ0n) is 22.1. The third-order valence-electron chi connectivity index (χ3n) is 7.04. The number of carbonyl (C=O) groups is 3. The van der Waals surface area contributed by atoms with Gasteiger partial charge in [0.15, 0.2) is 0 Å². The van der Waals surface area contributed by atoms with Crippen molar-refractivity contribution in [3.63, 3.8) is 0 Å². The van der Waals surface area contributed by atoms with Crippen molar-refractivity contribution in [2.75, 3.05) is 4.90 Å². The molecule has 194 valence electrons. The topological polar surface area (TPSA) is 101 Å². The molecule has 0 bridgehead atoms. The van der Waals surface area contributed by atoms with Crippen LogP contribution in [0.4, 0.5) is 5.69 Å². The summed E-state index contributed by atoms with van der Waals surface area (Å²) in [5.41, 5.74) is 2.29. The number of aryl methyl sites for hydroxylation is 2. The second-order valence-electron chi connectivity index (χ2n) is 9.93. The Morgan fingerprint density at radius 3 is 2.06 bits per heavy atom. The van der Waals surface area contributed by atoms with E-state index in [1.807, 2.05) is 26.8 Å². The Kier molecular flexibility index (Phi) is 7.49. The van der Waals surface area contributed by atoms with E-state index < -0.39 is 39.4 Å². The number of imide groups is 1. The maximum absolute atomic E-state index is 14.3. The molecule has 2 aromatic rings. The van der Waals surface area contributed by atoms with Gasteiger partial charge in [-0.1, -0.05) is 13.0 Å². The van der Waals surface area contributed by atoms with Gasteiger partial charge in [-0.25, -0.2) is 13.3 Å². The zero-order valence-corrected chi connectivity index (χ0v) is 22.9. The summed E-state index contributed by atoms with van der Waals surface area (Å²) in [5, 5.41) is 0. The third kappa shape index (κ3) is 4.82. The number of ether oxygens (including phenoxy) is 1. The van der Waals surface area contributed by atoms with E-state index in [4.69, 9.17) is 4.74 Å². The van der Waals surface area contributed by atoms with Crippen molar-refractivity contribution in [1.82, 2.24) is 4.31 Å². The number of esters is 1. The first-order chi connectivity index (χ1) is 16.6. The minimum atomic E-state index is -4.17. The molecule has 1 aliphatic heterocycles. The first-order valence-corrected chi connectivity index (χ1v) is 13.3. The number of hydrogen-bond acceptors (Lipinski definition) is 6. The van der Waals surface area contributed by atoms with Crippen molar-refractivity contribution in [3.05, 3.63) is 52.6 Å². The Balaban J connectivity index is 2.12. The third-order valence-corrected chi connectivity index (χ3v) is 9.43. The number of hydrogen-bond donors (Lipinski definition) is 0. The maximum Gasteiger partial charge on any atom is 0.308 e. The summed E-state index contributed by atoms with van der Waals surface area (Å²) >= 11 is 0. The molecule has 9 heteroatoms. The molecule has 1 fully saturated rings. The average molecular weight is 515 g/mol. The van der Waals surface area contributed by atoms with Crippen LogP contribution in [0.25, 0.3) is 0 Å². The van der Waals surface area contributed by atoms with E-state index in [2.05, 4.69) is 0 Å². The molecule has 1 atom stereocenters. The molecule has 1 aliphatic rings. The molecule has 0 N–H and O–H groups in total. The number of anilines is 1. The Labute approximate surface area is 213 Å². The van der Waals surface area contributed by atoms with Crippen molar-refractivity contribution in [3.8, 4) is 5.75 Å². The van der Waals surface area contributed by atoms with Gasteiger partial charge in [-0.2, -0.15) is 4.31 Å². The first-order valence-electron chi connectivity index (χ1n) is 11.9. The summed E-state index contributed by atoms with van der Waals surface area (Å²) in [7, 11) is -4.17. The van der Waals surface area contributed by atoms with Crippen LogP contribution in [0.5, 0.6) is 5.75 Å². The van der Waals surface area contributed by atoms with Crippen LogP contribution in [-0.2, 0) is 24.4 Å². The highest BCUT2D eigenvalue weighted by Crippen LogP contribution is 2.38. The minimum absolute atomic E-state index is 0.186. The van der Waals surface area contributed by atoms with E-state index in [9.17, 15) is 22.8 Å². The van der Waals surface area contributed by atoms with Crippen LogP contribution in [0.3, 0.4) is 0 Å². The second-order valence-corrected chi connectivity index (χ2v) is 11.7. The largest absolute Gasteiger partial charge is 0.427 e. The van der Waals surface area contributed by atoms with E-state index in [1.54, 1.807) is 27.7 Å². The van der Waals surface area contributed by atoms with Gasteiger partial charge < -0.3 is 4.74 Å². The highest BCUT2D eigenvalue weighted by molar-refractivity contribution is 7.89. The van der Waals surface area contributed by atoms with E-state index >= 15 is 0 Å². The Morgan fingerprint density at radius 2 is 1.58 bits per heavy atom. The second kappa shape index (κ2) is 9.78. The summed E-state index contributed by atoms with van der Waals surface area (Å²) in [4.78, 5) is 39.2. The summed E-state index contributed by atoms with van der Waals surface area (Å²) in [6.07, 6.45) is 0.167. The Hall–Kier alpha value is -3.04. The quantitative estimate of drug-likeness (QED) is 0.309. The number of carbonyl (C=O) groups excluding carboxylic acids is 3. The lowest BCUT2D eigenvalue weighted by Gasteiger charge is -2.40. The molecule has 36 heavy (non-hydrogen) atoms. The van der Waals surface area contributed by atoms with Crippen LogP contribution in [0.1, 0.15) is 62.8 Å². The van der Waals surface area contributed by atoms with Crippen molar-refractivity contribution >= 4 is 33.5 Å². The first kappa shape index (κ1) is 27.5. The fourth-order valence-electron chi connectivity index (χ4n) is 4.64. The van der Waals surface area contributed by atoms with Gasteiger partial charge in [-0.15, -0.1) is 0 Å². The van der Waals surface area contributed by atoms with Crippen LogP contribution in [0.15, 0.2) is 35.2 Å². The normalized spacial score (nSPS) is 16.7. The van der Waals surface area contributed by atoms with Gasteiger partial charge in [0.2, 0.25) is 15.9 Å². The molecule has 0 saturated carbocycles. The minimum Gasteiger partial charge on any atom is -0.427 e. The summed E-state index contributed by atoms with van der Waals surface area (Å²) in [5.74, 6) is -1.31. The number of sulfonamides is 1. The molecule has 1 saturated heterocycles. The van der Waals surface area contributed by atoms with Crippen LogP contribution >= 0.6 is 0 Å². The molecule has 0 spiro atoms. The molecule has 0 aliphatic carbocycles. The van der Waals surface area contributed by atoms with Gasteiger partial charge in [-0.05, 0) is 94.5 Å². The van der Waals surface area contributed by atoms with E-state index in [1.165, 1.54) is 35.5 Å². The predicted octanol–water partition coefficient (Wildman–Crippen LogP) is 4.36. The van der Waals surface area contributed by atoms with Gasteiger partial charge in [-0.3, -0.25) is 14.4 Å². The maximum atomic E-state index is 14.3. The monoisotopic (exact) mass is 514 g/mol. The standard InChI is InChI=1S/C27H34N2O6S/c1-9-27(7,8)29(36(33,34)25-18(4)16(2)14-17(3)19(25)5)23-15-24(31)28(26(23)32)21-10-12-22(13-11-21)35-20(6)30/h10-14,23H,9,15H2,1-8H3. The highest BCUT2D eigenvalue weighted by atomic mass is 32.2. The SMILES string of the molecule is CCC(C)(C)N(C1CC(=O)N(c2ccc(OC(C)=O)cc2)C1=O)S(=O)(=O)c1c(C)c(C)cc(C)c1C. The molecule has 8 nitrogen and oxygen atoms in total. The zero-order chi connectivity index (χ0) is 27.2. The van der Waals surface area contributed by atoms with Crippen LogP contribution < -0.4 is 9.64 Å². The fourth-order valence-corrected chi connectivity index (χ4v) is 7.21. The van der Waals surface area contributed by atoms with Crippen molar-refractivity contribution < 1.29 is 27.5 Å². The molecule has 0 aromatic heterocycles. The van der Waals surface area contributed by atoms with E-state index in [-0.39, 0.29) is 22.8 Å². The number of amides is 2. The lowest BCUT2D eigenvalue weighted by molar-refractivity contribution is -0.132. The molecule has 1 unspecified atom stereocenters. The molecule has 2 aromatic carbocycles. The van der Waals surface area contributed by atoms with Crippen molar-refractivity contribution in [1.29, 1.82) is 0 Å². The highest BCUT2D eigenvalue weighted by Gasteiger charge is 2.52. The van der Waals surface area contributed by atoms with Crippen LogP contribution in [0, 0.1) is 27.7 Å². The molecular weight excluding hydrogens is 480 g/mol. The van der Waals surface area contributed by atoms with Gasteiger partial charge in [0.25, 0.3) is 5.91 Å². The smallest absolute Gasteiger partial charge is 0.308 e. The Bertz CT molecular complexity index is 1300. The fraction of sp³-hybridized carbons (Fsp3) is 0.444. The predicted molar refractivity (Wildman–Crippen MR) is 137 cm³/mol. The molecule has 0 radical (unpaired) electrons. The lowest BCUT2D eigenvalue weighted by Crippen LogP contribution is -2.55.